The number of rotatable bonds is 5. The molecule has 2 aromatic carbocycles. The number of sulfonamides is 1. The van der Waals surface area contributed by atoms with E-state index in [9.17, 15) is 18.0 Å². The zero-order valence-corrected chi connectivity index (χ0v) is 20.8. The quantitative estimate of drug-likeness (QED) is 0.691. The van der Waals surface area contributed by atoms with Crippen molar-refractivity contribution in [3.63, 3.8) is 0 Å². The van der Waals surface area contributed by atoms with Gasteiger partial charge in [-0.2, -0.15) is 4.31 Å². The first kappa shape index (κ1) is 24.4. The van der Waals surface area contributed by atoms with Crippen LogP contribution in [-0.2, 0) is 26.0 Å². The molecule has 2 aliphatic heterocycles. The van der Waals surface area contributed by atoms with Gasteiger partial charge >= 0.3 is 0 Å². The molecule has 182 valence electrons. The van der Waals surface area contributed by atoms with Gasteiger partial charge in [0.05, 0.1) is 4.90 Å². The van der Waals surface area contributed by atoms with E-state index >= 15 is 0 Å². The number of aryl methyl sites for hydroxylation is 3. The monoisotopic (exact) mass is 483 g/mol. The van der Waals surface area contributed by atoms with E-state index in [-0.39, 0.29) is 23.3 Å². The van der Waals surface area contributed by atoms with Crippen molar-refractivity contribution in [2.45, 2.75) is 63.7 Å². The number of anilines is 2. The molecular formula is C26H33N3O4S. The van der Waals surface area contributed by atoms with Crippen molar-refractivity contribution >= 4 is 33.2 Å². The highest BCUT2D eigenvalue weighted by Crippen LogP contribution is 2.31. The van der Waals surface area contributed by atoms with Crippen molar-refractivity contribution in [3.05, 3.63) is 53.1 Å². The molecule has 0 atom stereocenters. The van der Waals surface area contributed by atoms with Gasteiger partial charge in [0.15, 0.2) is 0 Å². The average Bonchev–Trinajstić information content (AvgIpc) is 3.17. The maximum atomic E-state index is 13.3. The van der Waals surface area contributed by atoms with E-state index in [1.54, 1.807) is 22.5 Å². The average molecular weight is 484 g/mol. The van der Waals surface area contributed by atoms with Gasteiger partial charge in [-0.15, -0.1) is 0 Å². The molecule has 1 saturated heterocycles. The Morgan fingerprint density at radius 3 is 2.41 bits per heavy atom. The molecule has 1 N–H and O–H groups in total. The third-order valence-corrected chi connectivity index (χ3v) is 8.55. The summed E-state index contributed by atoms with van der Waals surface area (Å²) in [5.41, 5.74) is 4.13. The lowest BCUT2D eigenvalue weighted by molar-refractivity contribution is -0.121. The van der Waals surface area contributed by atoms with E-state index in [0.29, 0.717) is 38.0 Å². The Bertz CT molecular complexity index is 1180. The van der Waals surface area contributed by atoms with E-state index in [0.717, 1.165) is 48.1 Å². The lowest BCUT2D eigenvalue weighted by atomic mass is 10.1. The summed E-state index contributed by atoms with van der Waals surface area (Å²) in [4.78, 5) is 27.5. The maximum absolute atomic E-state index is 13.3. The van der Waals surface area contributed by atoms with E-state index in [1.165, 1.54) is 4.90 Å². The van der Waals surface area contributed by atoms with Crippen LogP contribution in [0.25, 0.3) is 0 Å². The van der Waals surface area contributed by atoms with Gasteiger partial charge in [-0.1, -0.05) is 25.0 Å². The van der Waals surface area contributed by atoms with Gasteiger partial charge in [0.25, 0.3) is 0 Å². The fourth-order valence-electron chi connectivity index (χ4n) is 4.69. The van der Waals surface area contributed by atoms with Crippen molar-refractivity contribution in [3.8, 4) is 0 Å². The molecule has 0 radical (unpaired) electrons. The Labute approximate surface area is 202 Å². The van der Waals surface area contributed by atoms with Crippen molar-refractivity contribution in [2.24, 2.45) is 0 Å². The summed E-state index contributed by atoms with van der Waals surface area (Å²) in [5, 5.41) is 2.92. The summed E-state index contributed by atoms with van der Waals surface area (Å²) >= 11 is 0. The molecule has 0 bridgehead atoms. The molecule has 2 amide bonds. The number of hydrogen-bond acceptors (Lipinski definition) is 4. The second-order valence-corrected chi connectivity index (χ2v) is 11.2. The fourth-order valence-corrected chi connectivity index (χ4v) is 6.26. The van der Waals surface area contributed by atoms with E-state index in [1.807, 2.05) is 32.0 Å². The Kier molecular flexibility index (Phi) is 7.38. The van der Waals surface area contributed by atoms with Crippen molar-refractivity contribution in [1.29, 1.82) is 0 Å². The number of nitrogens with zero attached hydrogens (tertiary/aromatic N) is 2. The largest absolute Gasteiger partial charge is 0.324 e. The standard InChI is InChI=1S/C26H33N3O4S/c1-19-10-11-20(2)23(16-19)27-25(30)18-29-24-13-12-22(17-21(24)8-7-9-26(29)31)34(32,33)28-14-5-3-4-6-15-28/h10-13,16-17H,3-9,14-15,18H2,1-2H3,(H,27,30). The van der Waals surface area contributed by atoms with Crippen molar-refractivity contribution < 1.29 is 18.0 Å². The predicted molar refractivity (Wildman–Crippen MR) is 134 cm³/mol. The fraction of sp³-hybridized carbons (Fsp3) is 0.462. The number of carbonyl (C=O) groups excluding carboxylic acids is 2. The summed E-state index contributed by atoms with van der Waals surface area (Å²) in [7, 11) is -3.58. The lowest BCUT2D eigenvalue weighted by Gasteiger charge is -2.24. The second-order valence-electron chi connectivity index (χ2n) is 9.31. The van der Waals surface area contributed by atoms with Gasteiger partial charge in [0.2, 0.25) is 21.8 Å². The first-order chi connectivity index (χ1) is 16.3. The Morgan fingerprint density at radius 2 is 1.68 bits per heavy atom. The van der Waals surface area contributed by atoms with Crippen LogP contribution in [0.1, 0.15) is 55.2 Å². The molecule has 34 heavy (non-hydrogen) atoms. The molecule has 0 spiro atoms. The highest BCUT2D eigenvalue weighted by atomic mass is 32.2. The Morgan fingerprint density at radius 1 is 0.941 bits per heavy atom. The van der Waals surface area contributed by atoms with Crippen LogP contribution in [0, 0.1) is 13.8 Å². The number of fused-ring (bicyclic) bond motifs is 1. The van der Waals surface area contributed by atoms with Crippen molar-refractivity contribution in [1.82, 2.24) is 4.31 Å². The third-order valence-electron chi connectivity index (χ3n) is 6.65. The van der Waals surface area contributed by atoms with E-state index < -0.39 is 10.0 Å². The van der Waals surface area contributed by atoms with E-state index in [2.05, 4.69) is 5.32 Å². The van der Waals surface area contributed by atoms with Crippen LogP contribution in [-0.4, -0.2) is 44.2 Å². The SMILES string of the molecule is Cc1ccc(C)c(NC(=O)CN2C(=O)CCCc3cc(S(=O)(=O)N4CCCCCC4)ccc32)c1. The molecule has 0 aliphatic carbocycles. The molecule has 4 rings (SSSR count). The lowest BCUT2D eigenvalue weighted by Crippen LogP contribution is -2.38. The second kappa shape index (κ2) is 10.3. The molecular weight excluding hydrogens is 450 g/mol. The molecule has 2 aromatic rings. The Hall–Kier alpha value is -2.71. The van der Waals surface area contributed by atoms with Crippen LogP contribution in [0.5, 0.6) is 0 Å². The van der Waals surface area contributed by atoms with Crippen LogP contribution in [0.4, 0.5) is 11.4 Å². The van der Waals surface area contributed by atoms with Crippen molar-refractivity contribution in [2.75, 3.05) is 29.9 Å². The number of carbonyl (C=O) groups is 2. The Balaban J connectivity index is 1.58. The molecule has 2 aliphatic rings. The minimum Gasteiger partial charge on any atom is -0.324 e. The molecule has 0 unspecified atom stereocenters. The summed E-state index contributed by atoms with van der Waals surface area (Å²) in [6.07, 6.45) is 5.39. The zero-order valence-electron chi connectivity index (χ0n) is 20.0. The molecule has 7 nitrogen and oxygen atoms in total. The van der Waals surface area contributed by atoms with Gasteiger partial charge in [-0.3, -0.25) is 9.59 Å². The van der Waals surface area contributed by atoms with Crippen LogP contribution in [0.3, 0.4) is 0 Å². The number of amides is 2. The van der Waals surface area contributed by atoms with Crippen LogP contribution >= 0.6 is 0 Å². The van der Waals surface area contributed by atoms with Gasteiger partial charge in [-0.25, -0.2) is 8.42 Å². The number of benzene rings is 2. The molecule has 0 saturated carbocycles. The third kappa shape index (κ3) is 5.33. The van der Waals surface area contributed by atoms with E-state index in [4.69, 9.17) is 0 Å². The number of nitrogens with one attached hydrogen (secondary N) is 1. The molecule has 0 aromatic heterocycles. The smallest absolute Gasteiger partial charge is 0.244 e. The van der Waals surface area contributed by atoms with Gasteiger partial charge in [-0.05, 0) is 80.5 Å². The first-order valence-corrected chi connectivity index (χ1v) is 13.5. The van der Waals surface area contributed by atoms with Gasteiger partial charge < -0.3 is 10.2 Å². The first-order valence-electron chi connectivity index (χ1n) is 12.1. The maximum Gasteiger partial charge on any atom is 0.244 e. The van der Waals surface area contributed by atoms with Gasteiger partial charge in [0.1, 0.15) is 6.54 Å². The summed E-state index contributed by atoms with van der Waals surface area (Å²) in [5.74, 6) is -0.408. The topological polar surface area (TPSA) is 86.8 Å². The summed E-state index contributed by atoms with van der Waals surface area (Å²) in [6, 6.07) is 10.8. The number of hydrogen-bond donors (Lipinski definition) is 1. The van der Waals surface area contributed by atoms with Gasteiger partial charge in [0, 0.05) is 30.9 Å². The highest BCUT2D eigenvalue weighted by molar-refractivity contribution is 7.89. The minimum atomic E-state index is -3.58. The summed E-state index contributed by atoms with van der Waals surface area (Å²) < 4.78 is 28.1. The molecule has 1 fully saturated rings. The van der Waals surface area contributed by atoms with Crippen LogP contribution in [0.2, 0.25) is 0 Å². The highest BCUT2D eigenvalue weighted by Gasteiger charge is 2.29. The minimum absolute atomic E-state index is 0.114. The summed E-state index contributed by atoms with van der Waals surface area (Å²) in [6.45, 7) is 4.86. The van der Waals surface area contributed by atoms with Crippen LogP contribution in [0.15, 0.2) is 41.3 Å². The molecule has 2 heterocycles. The predicted octanol–water partition coefficient (Wildman–Crippen LogP) is 4.18. The zero-order chi connectivity index (χ0) is 24.3. The molecule has 8 heteroatoms. The normalized spacial score (nSPS) is 17.6. The van der Waals surface area contributed by atoms with Crippen LogP contribution < -0.4 is 10.2 Å².